The normalized spacial score (nSPS) is 18.0. The molecule has 2 rings (SSSR count). The number of aliphatic carboxylic acids is 1. The monoisotopic (exact) mass is 331 g/mol. The number of carbonyl (C=O) groups is 2. The molecule has 1 unspecified atom stereocenters. The standard InChI is InChI=1S/C17H21N3O4/c1-17(2,3)24-16(23)19-7-8-20(14(11-19)15(21)22)13-6-4-5-12(9-13)10-18/h4-6,9,14H,7-8,11H2,1-3H3,(H,21,22). The van der Waals surface area contributed by atoms with Crippen LogP contribution in [0.4, 0.5) is 10.5 Å². The molecule has 1 saturated heterocycles. The van der Waals surface area contributed by atoms with Gasteiger partial charge in [-0.3, -0.25) is 0 Å². The lowest BCUT2D eigenvalue weighted by molar-refractivity contribution is -0.139. The Morgan fingerprint density at radius 1 is 1.33 bits per heavy atom. The molecule has 128 valence electrons. The highest BCUT2D eigenvalue weighted by atomic mass is 16.6. The molecule has 1 aromatic rings. The SMILES string of the molecule is CC(C)(C)OC(=O)N1CCN(c2cccc(C#N)c2)C(C(=O)O)C1. The van der Waals surface area contributed by atoms with Gasteiger partial charge in [0, 0.05) is 18.8 Å². The predicted molar refractivity (Wildman–Crippen MR) is 87.7 cm³/mol. The molecule has 0 aliphatic carbocycles. The maximum atomic E-state index is 12.2. The molecule has 1 fully saturated rings. The van der Waals surface area contributed by atoms with E-state index in [2.05, 4.69) is 0 Å². The lowest BCUT2D eigenvalue weighted by atomic mass is 10.1. The fraction of sp³-hybridized carbons (Fsp3) is 0.471. The molecule has 0 saturated carbocycles. The van der Waals surface area contributed by atoms with E-state index in [9.17, 15) is 14.7 Å². The summed E-state index contributed by atoms with van der Waals surface area (Å²) in [5, 5.41) is 18.5. The quantitative estimate of drug-likeness (QED) is 0.891. The molecule has 1 aliphatic rings. The summed E-state index contributed by atoms with van der Waals surface area (Å²) in [6.07, 6.45) is -0.515. The molecule has 1 aromatic carbocycles. The van der Waals surface area contributed by atoms with Crippen molar-refractivity contribution >= 4 is 17.7 Å². The fourth-order valence-electron chi connectivity index (χ4n) is 2.55. The first-order valence-electron chi connectivity index (χ1n) is 7.69. The molecule has 1 aliphatic heterocycles. The fourth-order valence-corrected chi connectivity index (χ4v) is 2.55. The third kappa shape index (κ3) is 4.16. The zero-order valence-electron chi connectivity index (χ0n) is 14.0. The molecule has 0 spiro atoms. The van der Waals surface area contributed by atoms with E-state index in [1.165, 1.54) is 4.90 Å². The molecule has 1 atom stereocenters. The molecule has 24 heavy (non-hydrogen) atoms. The number of piperazine rings is 1. The first kappa shape index (κ1) is 17.6. The van der Waals surface area contributed by atoms with E-state index in [1.807, 2.05) is 6.07 Å². The topological polar surface area (TPSA) is 93.9 Å². The van der Waals surface area contributed by atoms with Crippen molar-refractivity contribution in [1.82, 2.24) is 4.90 Å². The van der Waals surface area contributed by atoms with E-state index in [1.54, 1.807) is 49.9 Å². The highest BCUT2D eigenvalue weighted by Crippen LogP contribution is 2.23. The van der Waals surface area contributed by atoms with E-state index in [0.29, 0.717) is 24.3 Å². The number of hydrogen-bond donors (Lipinski definition) is 1. The summed E-state index contributed by atoms with van der Waals surface area (Å²) >= 11 is 0. The van der Waals surface area contributed by atoms with Crippen LogP contribution in [0.15, 0.2) is 24.3 Å². The largest absolute Gasteiger partial charge is 0.480 e. The predicted octanol–water partition coefficient (Wildman–Crippen LogP) is 2.07. The first-order chi connectivity index (χ1) is 11.2. The van der Waals surface area contributed by atoms with Gasteiger partial charge in [-0.15, -0.1) is 0 Å². The Morgan fingerprint density at radius 2 is 2.04 bits per heavy atom. The van der Waals surface area contributed by atoms with Gasteiger partial charge in [0.25, 0.3) is 0 Å². The summed E-state index contributed by atoms with van der Waals surface area (Å²) in [6, 6.07) is 7.95. The van der Waals surface area contributed by atoms with Gasteiger partial charge in [-0.25, -0.2) is 9.59 Å². The molecular formula is C17H21N3O4. The highest BCUT2D eigenvalue weighted by Gasteiger charge is 2.36. The van der Waals surface area contributed by atoms with Gasteiger partial charge in [0.2, 0.25) is 0 Å². The maximum absolute atomic E-state index is 12.2. The number of carboxylic acid groups (broad SMARTS) is 1. The van der Waals surface area contributed by atoms with Crippen LogP contribution in [-0.4, -0.2) is 53.3 Å². The van der Waals surface area contributed by atoms with Crippen LogP contribution in [0.25, 0.3) is 0 Å². The Kier molecular flexibility index (Phi) is 4.98. The Hall–Kier alpha value is -2.75. The zero-order valence-corrected chi connectivity index (χ0v) is 14.0. The molecule has 0 aromatic heterocycles. The number of carboxylic acids is 1. The second-order valence-electron chi connectivity index (χ2n) is 6.64. The summed E-state index contributed by atoms with van der Waals surface area (Å²) < 4.78 is 5.32. The summed E-state index contributed by atoms with van der Waals surface area (Å²) in [5.74, 6) is -1.02. The number of anilines is 1. The minimum Gasteiger partial charge on any atom is -0.480 e. The Labute approximate surface area is 141 Å². The van der Waals surface area contributed by atoms with Gasteiger partial charge >= 0.3 is 12.1 Å². The van der Waals surface area contributed by atoms with Gasteiger partial charge in [-0.05, 0) is 39.0 Å². The number of amides is 1. The van der Waals surface area contributed by atoms with Gasteiger partial charge in [0.15, 0.2) is 0 Å². The summed E-state index contributed by atoms with van der Waals surface area (Å²) in [6.45, 7) is 6.04. The van der Waals surface area contributed by atoms with Gasteiger partial charge in [0.05, 0.1) is 18.2 Å². The number of benzene rings is 1. The first-order valence-corrected chi connectivity index (χ1v) is 7.69. The second-order valence-corrected chi connectivity index (χ2v) is 6.64. The van der Waals surface area contributed by atoms with Gasteiger partial charge in [-0.1, -0.05) is 6.07 Å². The second kappa shape index (κ2) is 6.79. The van der Waals surface area contributed by atoms with Crippen LogP contribution in [0.1, 0.15) is 26.3 Å². The van der Waals surface area contributed by atoms with E-state index < -0.39 is 23.7 Å². The van der Waals surface area contributed by atoms with Crippen LogP contribution in [0.2, 0.25) is 0 Å². The molecule has 1 N–H and O–H groups in total. The molecule has 0 radical (unpaired) electrons. The van der Waals surface area contributed by atoms with E-state index in [0.717, 1.165) is 0 Å². The van der Waals surface area contributed by atoms with Crippen molar-refractivity contribution in [2.24, 2.45) is 0 Å². The van der Waals surface area contributed by atoms with Crippen molar-refractivity contribution in [3.63, 3.8) is 0 Å². The lowest BCUT2D eigenvalue weighted by Crippen LogP contribution is -2.58. The van der Waals surface area contributed by atoms with Crippen molar-refractivity contribution in [1.29, 1.82) is 5.26 Å². The Bertz CT molecular complexity index is 675. The van der Waals surface area contributed by atoms with Crippen LogP contribution >= 0.6 is 0 Å². The van der Waals surface area contributed by atoms with Gasteiger partial charge in [0.1, 0.15) is 11.6 Å². The zero-order chi connectivity index (χ0) is 17.9. The Balaban J connectivity index is 2.18. The number of rotatable bonds is 2. The highest BCUT2D eigenvalue weighted by molar-refractivity contribution is 5.80. The number of nitrogens with zero attached hydrogens (tertiary/aromatic N) is 3. The smallest absolute Gasteiger partial charge is 0.410 e. The Morgan fingerprint density at radius 3 is 2.62 bits per heavy atom. The van der Waals surface area contributed by atoms with E-state index in [-0.39, 0.29) is 6.54 Å². The van der Waals surface area contributed by atoms with Crippen LogP contribution in [0.5, 0.6) is 0 Å². The van der Waals surface area contributed by atoms with Crippen molar-refractivity contribution < 1.29 is 19.4 Å². The van der Waals surface area contributed by atoms with Crippen LogP contribution in [0, 0.1) is 11.3 Å². The third-order valence-electron chi connectivity index (χ3n) is 3.62. The van der Waals surface area contributed by atoms with Crippen molar-refractivity contribution in [2.45, 2.75) is 32.4 Å². The van der Waals surface area contributed by atoms with Crippen LogP contribution < -0.4 is 4.90 Å². The number of hydrogen-bond acceptors (Lipinski definition) is 5. The van der Waals surface area contributed by atoms with E-state index >= 15 is 0 Å². The van der Waals surface area contributed by atoms with Crippen molar-refractivity contribution in [3.05, 3.63) is 29.8 Å². The maximum Gasteiger partial charge on any atom is 0.410 e. The third-order valence-corrected chi connectivity index (χ3v) is 3.62. The molecule has 1 heterocycles. The average molecular weight is 331 g/mol. The van der Waals surface area contributed by atoms with Crippen molar-refractivity contribution in [2.75, 3.05) is 24.5 Å². The molecule has 0 bridgehead atoms. The summed E-state index contributed by atoms with van der Waals surface area (Å²) in [4.78, 5) is 26.9. The van der Waals surface area contributed by atoms with Gasteiger partial charge < -0.3 is 19.6 Å². The number of nitriles is 1. The van der Waals surface area contributed by atoms with Crippen molar-refractivity contribution in [3.8, 4) is 6.07 Å². The molecule has 1 amide bonds. The van der Waals surface area contributed by atoms with Gasteiger partial charge in [-0.2, -0.15) is 5.26 Å². The van der Waals surface area contributed by atoms with Crippen LogP contribution in [-0.2, 0) is 9.53 Å². The van der Waals surface area contributed by atoms with E-state index in [4.69, 9.17) is 10.00 Å². The number of carbonyl (C=O) groups excluding carboxylic acids is 1. The molecule has 7 heteroatoms. The minimum absolute atomic E-state index is 0.0288. The average Bonchev–Trinajstić information content (AvgIpc) is 2.52. The van der Waals surface area contributed by atoms with Crippen LogP contribution in [0.3, 0.4) is 0 Å². The molecular weight excluding hydrogens is 310 g/mol. The summed E-state index contributed by atoms with van der Waals surface area (Å²) in [7, 11) is 0. The summed E-state index contributed by atoms with van der Waals surface area (Å²) in [5.41, 5.74) is 0.491. The lowest BCUT2D eigenvalue weighted by Gasteiger charge is -2.40. The minimum atomic E-state index is -1.02. The number of ether oxygens (including phenoxy) is 1. The molecule has 7 nitrogen and oxygen atoms in total.